The van der Waals surface area contributed by atoms with Crippen molar-refractivity contribution in [1.82, 2.24) is 0 Å². The zero-order valence-electron chi connectivity index (χ0n) is 15.8. The smallest absolute Gasteiger partial charge is 0.0417 e. The first-order chi connectivity index (χ1) is 10.2. The molecule has 0 amide bonds. The molecule has 0 aliphatic rings. The van der Waals surface area contributed by atoms with Gasteiger partial charge in [-0.25, -0.2) is 0 Å². The standard InChI is InChI=1S/C21H44/c1-5-7-9-10-11-12-13-14-15-17-19-21(4)20(3)18-16-8-6-2/h20-21H,5-19H2,1-4H3. The molecule has 21 heavy (non-hydrogen) atoms. The molecule has 0 aromatic rings. The molecular formula is C21H44. The first-order valence-corrected chi connectivity index (χ1v) is 10.2. The zero-order chi connectivity index (χ0) is 15.8. The Morgan fingerprint density at radius 1 is 0.429 bits per heavy atom. The highest BCUT2D eigenvalue weighted by molar-refractivity contribution is 4.62. The lowest BCUT2D eigenvalue weighted by atomic mass is 9.87. The fraction of sp³-hybridized carbons (Fsp3) is 1.00. The Morgan fingerprint density at radius 2 is 0.714 bits per heavy atom. The molecular weight excluding hydrogens is 252 g/mol. The summed E-state index contributed by atoms with van der Waals surface area (Å²) in [6, 6.07) is 0. The summed E-state index contributed by atoms with van der Waals surface area (Å²) < 4.78 is 0. The van der Waals surface area contributed by atoms with Crippen LogP contribution < -0.4 is 0 Å². The van der Waals surface area contributed by atoms with E-state index in [2.05, 4.69) is 27.7 Å². The second-order valence-electron chi connectivity index (χ2n) is 7.42. The van der Waals surface area contributed by atoms with E-state index in [0.29, 0.717) is 0 Å². The minimum absolute atomic E-state index is 0.940. The van der Waals surface area contributed by atoms with Crippen LogP contribution in [0.5, 0.6) is 0 Å². The molecule has 128 valence electrons. The van der Waals surface area contributed by atoms with E-state index in [9.17, 15) is 0 Å². The first-order valence-electron chi connectivity index (χ1n) is 10.2. The molecule has 0 saturated heterocycles. The van der Waals surface area contributed by atoms with Gasteiger partial charge in [0.15, 0.2) is 0 Å². The topological polar surface area (TPSA) is 0 Å². The van der Waals surface area contributed by atoms with Crippen molar-refractivity contribution < 1.29 is 0 Å². The van der Waals surface area contributed by atoms with E-state index in [1.807, 2.05) is 0 Å². The third kappa shape index (κ3) is 14.7. The van der Waals surface area contributed by atoms with Gasteiger partial charge in [-0.2, -0.15) is 0 Å². The van der Waals surface area contributed by atoms with Crippen molar-refractivity contribution in [2.24, 2.45) is 11.8 Å². The average molecular weight is 297 g/mol. The molecule has 0 spiro atoms. The summed E-state index contributed by atoms with van der Waals surface area (Å²) >= 11 is 0. The van der Waals surface area contributed by atoms with Gasteiger partial charge < -0.3 is 0 Å². The highest BCUT2D eigenvalue weighted by Crippen LogP contribution is 2.23. The molecule has 2 atom stereocenters. The Kier molecular flexibility index (Phi) is 16.4. The maximum Gasteiger partial charge on any atom is -0.0417 e. The van der Waals surface area contributed by atoms with E-state index in [0.717, 1.165) is 11.8 Å². The Morgan fingerprint density at radius 3 is 1.14 bits per heavy atom. The number of hydrogen-bond acceptors (Lipinski definition) is 0. The van der Waals surface area contributed by atoms with Gasteiger partial charge in [0, 0.05) is 0 Å². The van der Waals surface area contributed by atoms with E-state index < -0.39 is 0 Å². The average Bonchev–Trinajstić information content (AvgIpc) is 2.49. The van der Waals surface area contributed by atoms with Crippen LogP contribution in [-0.2, 0) is 0 Å². The van der Waals surface area contributed by atoms with Crippen LogP contribution in [0.15, 0.2) is 0 Å². The van der Waals surface area contributed by atoms with Crippen molar-refractivity contribution in [2.45, 2.75) is 124 Å². The largest absolute Gasteiger partial charge is 0.0654 e. The maximum absolute atomic E-state index is 2.48. The SMILES string of the molecule is CCCCCCCCCCCCC(C)C(C)CCCCC. The number of unbranched alkanes of at least 4 members (excludes halogenated alkanes) is 11. The van der Waals surface area contributed by atoms with Gasteiger partial charge in [-0.15, -0.1) is 0 Å². The quantitative estimate of drug-likeness (QED) is 0.252. The molecule has 0 bridgehead atoms. The molecule has 0 radical (unpaired) electrons. The second kappa shape index (κ2) is 16.4. The Hall–Kier alpha value is 0. The van der Waals surface area contributed by atoms with Gasteiger partial charge in [0.25, 0.3) is 0 Å². The van der Waals surface area contributed by atoms with Crippen molar-refractivity contribution in [3.05, 3.63) is 0 Å². The molecule has 0 rings (SSSR count). The van der Waals surface area contributed by atoms with Gasteiger partial charge in [-0.3, -0.25) is 0 Å². The Balaban J connectivity index is 3.25. The van der Waals surface area contributed by atoms with Gasteiger partial charge in [-0.05, 0) is 11.8 Å². The Labute approximate surface area is 136 Å². The molecule has 0 nitrogen and oxygen atoms in total. The highest BCUT2D eigenvalue weighted by Gasteiger charge is 2.11. The molecule has 0 aromatic carbocycles. The van der Waals surface area contributed by atoms with Gasteiger partial charge in [0.05, 0.1) is 0 Å². The molecule has 0 fully saturated rings. The lowest BCUT2D eigenvalue weighted by Crippen LogP contribution is -2.08. The van der Waals surface area contributed by atoms with Gasteiger partial charge in [0.2, 0.25) is 0 Å². The number of hydrogen-bond donors (Lipinski definition) is 0. The van der Waals surface area contributed by atoms with Crippen LogP contribution in [0.2, 0.25) is 0 Å². The van der Waals surface area contributed by atoms with Gasteiger partial charge in [-0.1, -0.05) is 124 Å². The van der Waals surface area contributed by atoms with Crippen molar-refractivity contribution in [3.63, 3.8) is 0 Å². The number of rotatable bonds is 16. The summed E-state index contributed by atoms with van der Waals surface area (Å²) in [5, 5.41) is 0. The molecule has 0 heteroatoms. The lowest BCUT2D eigenvalue weighted by molar-refractivity contribution is 0.323. The van der Waals surface area contributed by atoms with Crippen LogP contribution in [0.25, 0.3) is 0 Å². The zero-order valence-corrected chi connectivity index (χ0v) is 15.8. The van der Waals surface area contributed by atoms with Crippen molar-refractivity contribution in [2.75, 3.05) is 0 Å². The second-order valence-corrected chi connectivity index (χ2v) is 7.42. The monoisotopic (exact) mass is 296 g/mol. The summed E-state index contributed by atoms with van der Waals surface area (Å²) in [5.41, 5.74) is 0. The van der Waals surface area contributed by atoms with E-state index >= 15 is 0 Å². The fourth-order valence-electron chi connectivity index (χ4n) is 3.24. The van der Waals surface area contributed by atoms with Crippen LogP contribution in [0.3, 0.4) is 0 Å². The summed E-state index contributed by atoms with van der Waals surface area (Å²) in [5.74, 6) is 1.88. The third-order valence-electron chi connectivity index (χ3n) is 5.25. The first kappa shape index (κ1) is 21.0. The predicted molar refractivity (Wildman–Crippen MR) is 98.9 cm³/mol. The van der Waals surface area contributed by atoms with E-state index in [1.165, 1.54) is 96.3 Å². The van der Waals surface area contributed by atoms with Crippen LogP contribution in [0.1, 0.15) is 124 Å². The predicted octanol–water partition coefficient (Wildman–Crippen LogP) is 8.15. The fourth-order valence-corrected chi connectivity index (χ4v) is 3.24. The molecule has 0 aromatic heterocycles. The van der Waals surface area contributed by atoms with Crippen molar-refractivity contribution in [3.8, 4) is 0 Å². The highest BCUT2D eigenvalue weighted by atomic mass is 14.2. The molecule has 0 N–H and O–H groups in total. The van der Waals surface area contributed by atoms with Gasteiger partial charge in [0.1, 0.15) is 0 Å². The lowest BCUT2D eigenvalue weighted by Gasteiger charge is -2.19. The molecule has 0 aliphatic heterocycles. The summed E-state index contributed by atoms with van der Waals surface area (Å²) in [6.45, 7) is 9.55. The normalized spacial score (nSPS) is 14.3. The third-order valence-corrected chi connectivity index (χ3v) is 5.25. The molecule has 0 saturated carbocycles. The van der Waals surface area contributed by atoms with Crippen LogP contribution >= 0.6 is 0 Å². The molecule has 0 aliphatic carbocycles. The summed E-state index contributed by atoms with van der Waals surface area (Å²) in [7, 11) is 0. The summed E-state index contributed by atoms with van der Waals surface area (Å²) in [4.78, 5) is 0. The van der Waals surface area contributed by atoms with Crippen LogP contribution in [0.4, 0.5) is 0 Å². The Bertz CT molecular complexity index is 184. The van der Waals surface area contributed by atoms with E-state index in [-0.39, 0.29) is 0 Å². The minimum Gasteiger partial charge on any atom is -0.0654 e. The minimum atomic E-state index is 0.940. The van der Waals surface area contributed by atoms with E-state index in [1.54, 1.807) is 0 Å². The van der Waals surface area contributed by atoms with Crippen molar-refractivity contribution >= 4 is 0 Å². The molecule has 0 heterocycles. The molecule has 2 unspecified atom stereocenters. The van der Waals surface area contributed by atoms with E-state index in [4.69, 9.17) is 0 Å². The van der Waals surface area contributed by atoms with Crippen LogP contribution in [0, 0.1) is 11.8 Å². The summed E-state index contributed by atoms with van der Waals surface area (Å²) in [6.07, 6.45) is 21.7. The van der Waals surface area contributed by atoms with Crippen LogP contribution in [-0.4, -0.2) is 0 Å². The maximum atomic E-state index is 2.48. The van der Waals surface area contributed by atoms with Crippen molar-refractivity contribution in [1.29, 1.82) is 0 Å². The van der Waals surface area contributed by atoms with Gasteiger partial charge >= 0.3 is 0 Å².